The number of hydrogen-bond acceptors (Lipinski definition) is 2. The standard InChI is InChI=1S/C10H11NO.C3H8/c1-3-4-5-6-9(2)10(12)7-8-11;1-3-2/h3-6H,2,7H2,1H3;3H2,1-2H3/b4-3-,6-5-;. The molecule has 0 aliphatic heterocycles. The van der Waals surface area contributed by atoms with Gasteiger partial charge in [-0.2, -0.15) is 5.26 Å². The molecule has 0 heterocycles. The smallest absolute Gasteiger partial charge is 0.176 e. The Morgan fingerprint density at radius 1 is 1.40 bits per heavy atom. The molecule has 0 aliphatic rings. The first-order chi connectivity index (χ1) is 7.13. The molecule has 0 aromatic carbocycles. The highest BCUT2D eigenvalue weighted by atomic mass is 16.1. The molecule has 0 aromatic heterocycles. The molecule has 0 saturated carbocycles. The average Bonchev–Trinajstić information content (AvgIpc) is 2.19. The van der Waals surface area contributed by atoms with Crippen molar-refractivity contribution in [3.63, 3.8) is 0 Å². The lowest BCUT2D eigenvalue weighted by Gasteiger charge is -1.90. The molecule has 0 saturated heterocycles. The number of nitrogens with zero attached hydrogens (tertiary/aromatic N) is 1. The summed E-state index contributed by atoms with van der Waals surface area (Å²) >= 11 is 0. The van der Waals surface area contributed by atoms with E-state index in [1.54, 1.807) is 24.3 Å². The minimum Gasteiger partial charge on any atom is -0.293 e. The third kappa shape index (κ3) is 12.4. The van der Waals surface area contributed by atoms with Gasteiger partial charge in [0.25, 0.3) is 0 Å². The lowest BCUT2D eigenvalue weighted by molar-refractivity contribution is -0.114. The van der Waals surface area contributed by atoms with Crippen LogP contribution in [-0.2, 0) is 4.79 Å². The third-order valence-corrected chi connectivity index (χ3v) is 1.20. The molecule has 15 heavy (non-hydrogen) atoms. The highest BCUT2D eigenvalue weighted by molar-refractivity contribution is 5.98. The average molecular weight is 205 g/mol. The highest BCUT2D eigenvalue weighted by Crippen LogP contribution is 1.98. The molecular weight excluding hydrogens is 186 g/mol. The van der Waals surface area contributed by atoms with E-state index in [0.717, 1.165) is 0 Å². The van der Waals surface area contributed by atoms with Gasteiger partial charge < -0.3 is 0 Å². The highest BCUT2D eigenvalue weighted by Gasteiger charge is 2.00. The van der Waals surface area contributed by atoms with Gasteiger partial charge in [0.1, 0.15) is 0 Å². The van der Waals surface area contributed by atoms with Gasteiger partial charge >= 0.3 is 0 Å². The van der Waals surface area contributed by atoms with Crippen molar-refractivity contribution in [3.05, 3.63) is 36.5 Å². The number of Topliss-reactive ketones (excluding diaryl/α,β-unsaturated/α-hetero) is 1. The van der Waals surface area contributed by atoms with Crippen LogP contribution in [0.15, 0.2) is 36.5 Å². The van der Waals surface area contributed by atoms with E-state index in [1.807, 2.05) is 13.0 Å². The Bertz CT molecular complexity index is 279. The molecule has 0 rings (SSSR count). The van der Waals surface area contributed by atoms with Crippen LogP contribution in [0.3, 0.4) is 0 Å². The summed E-state index contributed by atoms with van der Waals surface area (Å²) in [5, 5.41) is 8.21. The van der Waals surface area contributed by atoms with Gasteiger partial charge in [-0.25, -0.2) is 0 Å². The molecule has 2 heteroatoms. The second-order valence-corrected chi connectivity index (χ2v) is 2.88. The summed E-state index contributed by atoms with van der Waals surface area (Å²) in [5.74, 6) is -0.224. The van der Waals surface area contributed by atoms with Crippen molar-refractivity contribution < 1.29 is 4.79 Å². The molecule has 0 atom stereocenters. The zero-order valence-electron chi connectivity index (χ0n) is 9.79. The predicted molar refractivity (Wildman–Crippen MR) is 64.3 cm³/mol. The molecule has 0 N–H and O–H groups in total. The molecule has 0 amide bonds. The molecule has 0 spiro atoms. The summed E-state index contributed by atoms with van der Waals surface area (Å²) < 4.78 is 0. The van der Waals surface area contributed by atoms with Crippen LogP contribution < -0.4 is 0 Å². The Morgan fingerprint density at radius 3 is 2.33 bits per heavy atom. The van der Waals surface area contributed by atoms with E-state index < -0.39 is 0 Å². The number of hydrogen-bond donors (Lipinski definition) is 0. The monoisotopic (exact) mass is 205 g/mol. The largest absolute Gasteiger partial charge is 0.293 e. The number of allylic oxidation sites excluding steroid dienone is 5. The van der Waals surface area contributed by atoms with E-state index in [-0.39, 0.29) is 12.2 Å². The van der Waals surface area contributed by atoms with Crippen molar-refractivity contribution >= 4 is 5.78 Å². The quantitative estimate of drug-likeness (QED) is 0.520. The Kier molecular flexibility index (Phi) is 13.1. The van der Waals surface area contributed by atoms with Crippen LogP contribution in [0.1, 0.15) is 33.6 Å². The number of nitriles is 1. The Hall–Kier alpha value is -1.62. The molecule has 2 nitrogen and oxygen atoms in total. The number of carbonyl (C=O) groups is 1. The zero-order chi connectivity index (χ0) is 12.1. The van der Waals surface area contributed by atoms with Crippen molar-refractivity contribution in [2.45, 2.75) is 33.6 Å². The van der Waals surface area contributed by atoms with Gasteiger partial charge in [0, 0.05) is 5.57 Å². The first-order valence-electron chi connectivity index (χ1n) is 5.02. The van der Waals surface area contributed by atoms with Crippen LogP contribution in [-0.4, -0.2) is 5.78 Å². The lowest BCUT2D eigenvalue weighted by Crippen LogP contribution is -1.96. The summed E-state index contributed by atoms with van der Waals surface area (Å²) in [6.45, 7) is 9.65. The van der Waals surface area contributed by atoms with Crippen LogP contribution in [0.4, 0.5) is 0 Å². The Balaban J connectivity index is 0. The van der Waals surface area contributed by atoms with Gasteiger partial charge in [-0.15, -0.1) is 0 Å². The summed E-state index contributed by atoms with van der Waals surface area (Å²) in [5.41, 5.74) is 0.370. The Labute approximate surface area is 92.6 Å². The molecule has 82 valence electrons. The van der Waals surface area contributed by atoms with Crippen LogP contribution in [0.5, 0.6) is 0 Å². The zero-order valence-corrected chi connectivity index (χ0v) is 9.79. The summed E-state index contributed by atoms with van der Waals surface area (Å²) in [6.07, 6.45) is 8.11. The van der Waals surface area contributed by atoms with Crippen molar-refractivity contribution in [1.82, 2.24) is 0 Å². The lowest BCUT2D eigenvalue weighted by atomic mass is 10.1. The first kappa shape index (κ1) is 15.8. The molecular formula is C13H19NO. The normalized spacial score (nSPS) is 9.47. The first-order valence-corrected chi connectivity index (χ1v) is 5.02. The maximum Gasteiger partial charge on any atom is 0.176 e. The Morgan fingerprint density at radius 2 is 1.93 bits per heavy atom. The van der Waals surface area contributed by atoms with Gasteiger partial charge in [-0.05, 0) is 6.92 Å². The van der Waals surface area contributed by atoms with Crippen LogP contribution in [0.25, 0.3) is 0 Å². The summed E-state index contributed by atoms with van der Waals surface area (Å²) in [6, 6.07) is 1.78. The van der Waals surface area contributed by atoms with Crippen molar-refractivity contribution in [1.29, 1.82) is 5.26 Å². The number of rotatable bonds is 4. The van der Waals surface area contributed by atoms with E-state index in [2.05, 4.69) is 20.4 Å². The maximum atomic E-state index is 10.9. The SMILES string of the molecule is C=C(/C=C\C=C/C)C(=O)CC#N.CCC. The third-order valence-electron chi connectivity index (χ3n) is 1.20. The number of carbonyl (C=O) groups excluding carboxylic acids is 1. The summed E-state index contributed by atoms with van der Waals surface area (Å²) in [4.78, 5) is 10.9. The molecule has 0 bridgehead atoms. The van der Waals surface area contributed by atoms with Gasteiger partial charge in [0.05, 0.1) is 12.5 Å². The van der Waals surface area contributed by atoms with Crippen LogP contribution in [0, 0.1) is 11.3 Å². The van der Waals surface area contributed by atoms with Gasteiger partial charge in [-0.3, -0.25) is 4.79 Å². The van der Waals surface area contributed by atoms with E-state index in [1.165, 1.54) is 6.42 Å². The topological polar surface area (TPSA) is 40.9 Å². The van der Waals surface area contributed by atoms with Gasteiger partial charge in [0.15, 0.2) is 5.78 Å². The van der Waals surface area contributed by atoms with Gasteiger partial charge in [-0.1, -0.05) is 51.2 Å². The molecule has 0 fully saturated rings. The fourth-order valence-electron chi connectivity index (χ4n) is 0.561. The van der Waals surface area contributed by atoms with E-state index in [4.69, 9.17) is 5.26 Å². The maximum absolute atomic E-state index is 10.9. The predicted octanol–water partition coefficient (Wildman–Crippen LogP) is 3.57. The van der Waals surface area contributed by atoms with Crippen molar-refractivity contribution in [2.75, 3.05) is 0 Å². The fourth-order valence-corrected chi connectivity index (χ4v) is 0.561. The molecule has 0 unspecified atom stereocenters. The minimum absolute atomic E-state index is 0.0982. The van der Waals surface area contributed by atoms with Crippen LogP contribution in [0.2, 0.25) is 0 Å². The molecule has 0 radical (unpaired) electrons. The second-order valence-electron chi connectivity index (χ2n) is 2.88. The van der Waals surface area contributed by atoms with Gasteiger partial charge in [0.2, 0.25) is 0 Å². The number of ketones is 1. The minimum atomic E-state index is -0.224. The van der Waals surface area contributed by atoms with Crippen molar-refractivity contribution in [2.24, 2.45) is 0 Å². The summed E-state index contributed by atoms with van der Waals surface area (Å²) in [7, 11) is 0. The molecule has 0 aromatic rings. The fraction of sp³-hybridized carbons (Fsp3) is 0.385. The van der Waals surface area contributed by atoms with E-state index in [9.17, 15) is 4.79 Å². The van der Waals surface area contributed by atoms with Crippen LogP contribution >= 0.6 is 0 Å². The molecule has 0 aliphatic carbocycles. The van der Waals surface area contributed by atoms with Crippen molar-refractivity contribution in [3.8, 4) is 6.07 Å². The van der Waals surface area contributed by atoms with E-state index in [0.29, 0.717) is 5.57 Å². The second kappa shape index (κ2) is 12.4. The van der Waals surface area contributed by atoms with E-state index >= 15 is 0 Å².